The second-order valence-corrected chi connectivity index (χ2v) is 6.75. The van der Waals surface area contributed by atoms with E-state index in [1.54, 1.807) is 12.1 Å². The summed E-state index contributed by atoms with van der Waals surface area (Å²) in [5.41, 5.74) is 2.04. The zero-order valence-corrected chi connectivity index (χ0v) is 15.2. The van der Waals surface area contributed by atoms with Crippen LogP contribution in [0.15, 0.2) is 51.7 Å². The molecule has 122 valence electrons. The van der Waals surface area contributed by atoms with Crippen LogP contribution in [0.25, 0.3) is 11.0 Å². The van der Waals surface area contributed by atoms with Crippen LogP contribution in [-0.2, 0) is 17.6 Å². The standard InChI is InChI=1S/C19H15IO4/c1-11(21)9-13-7-8-15-16(17(13)20)14(18(22)19(23)24-15)10-12-5-3-2-4-6-12/h2-8,22H,9-10H2,1H3. The lowest BCUT2D eigenvalue weighted by atomic mass is 9.98. The first-order chi connectivity index (χ1) is 11.5. The minimum Gasteiger partial charge on any atom is -0.502 e. The molecule has 0 radical (unpaired) electrons. The van der Waals surface area contributed by atoms with Gasteiger partial charge < -0.3 is 9.52 Å². The smallest absolute Gasteiger partial charge is 0.379 e. The third kappa shape index (κ3) is 3.21. The molecule has 0 atom stereocenters. The second kappa shape index (κ2) is 6.76. The third-order valence-electron chi connectivity index (χ3n) is 3.83. The fourth-order valence-electron chi connectivity index (χ4n) is 2.73. The molecule has 0 spiro atoms. The molecule has 1 aromatic heterocycles. The van der Waals surface area contributed by atoms with Gasteiger partial charge >= 0.3 is 5.63 Å². The lowest BCUT2D eigenvalue weighted by Crippen LogP contribution is -2.07. The molecule has 2 aromatic carbocycles. The number of benzene rings is 2. The van der Waals surface area contributed by atoms with E-state index in [1.807, 2.05) is 30.3 Å². The number of carbonyl (C=O) groups excluding carboxylic acids is 1. The van der Waals surface area contributed by atoms with Crippen LogP contribution in [0.3, 0.4) is 0 Å². The molecule has 3 rings (SSSR count). The molecule has 0 amide bonds. The predicted octanol–water partition coefficient (Wildman–Crippen LogP) is 3.83. The van der Waals surface area contributed by atoms with Gasteiger partial charge in [-0.15, -0.1) is 0 Å². The van der Waals surface area contributed by atoms with Gasteiger partial charge in [0.1, 0.15) is 11.4 Å². The van der Waals surface area contributed by atoms with Crippen molar-refractivity contribution in [2.45, 2.75) is 19.8 Å². The molecular weight excluding hydrogens is 419 g/mol. The van der Waals surface area contributed by atoms with Gasteiger partial charge in [-0.05, 0) is 46.7 Å². The summed E-state index contributed by atoms with van der Waals surface area (Å²) in [6, 6.07) is 13.1. The van der Waals surface area contributed by atoms with Crippen molar-refractivity contribution >= 4 is 39.3 Å². The van der Waals surface area contributed by atoms with Crippen molar-refractivity contribution in [1.29, 1.82) is 0 Å². The Morgan fingerprint density at radius 2 is 1.88 bits per heavy atom. The number of hydrogen-bond acceptors (Lipinski definition) is 4. The first kappa shape index (κ1) is 16.7. The van der Waals surface area contributed by atoms with Crippen molar-refractivity contribution in [3.63, 3.8) is 0 Å². The summed E-state index contributed by atoms with van der Waals surface area (Å²) in [5.74, 6) is -0.317. The monoisotopic (exact) mass is 434 g/mol. The number of Topliss-reactive ketones (excluding diaryl/α,β-unsaturated/α-hetero) is 1. The van der Waals surface area contributed by atoms with Crippen molar-refractivity contribution in [2.24, 2.45) is 0 Å². The Balaban J connectivity index is 2.26. The van der Waals surface area contributed by atoms with Crippen LogP contribution < -0.4 is 5.63 Å². The van der Waals surface area contributed by atoms with Gasteiger partial charge in [0.05, 0.1) is 0 Å². The van der Waals surface area contributed by atoms with E-state index in [2.05, 4.69) is 22.6 Å². The quantitative estimate of drug-likeness (QED) is 0.501. The second-order valence-electron chi connectivity index (χ2n) is 5.67. The van der Waals surface area contributed by atoms with Crippen LogP contribution in [-0.4, -0.2) is 10.9 Å². The van der Waals surface area contributed by atoms with E-state index in [0.717, 1.165) is 14.7 Å². The van der Waals surface area contributed by atoms with Gasteiger partial charge in [0.15, 0.2) is 0 Å². The van der Waals surface area contributed by atoms with Gasteiger partial charge in [-0.25, -0.2) is 4.79 Å². The molecule has 24 heavy (non-hydrogen) atoms. The fourth-order valence-corrected chi connectivity index (χ4v) is 3.70. The summed E-state index contributed by atoms with van der Waals surface area (Å²) < 4.78 is 6.04. The number of aromatic hydroxyl groups is 1. The van der Waals surface area contributed by atoms with E-state index in [1.165, 1.54) is 6.92 Å². The Hall–Kier alpha value is -2.15. The maximum atomic E-state index is 11.9. The Labute approximate surface area is 152 Å². The molecule has 0 fully saturated rings. The number of halogens is 1. The van der Waals surface area contributed by atoms with Gasteiger partial charge in [-0.2, -0.15) is 0 Å². The topological polar surface area (TPSA) is 67.5 Å². The maximum absolute atomic E-state index is 11.9. The zero-order valence-electron chi connectivity index (χ0n) is 13.0. The number of ketones is 1. The highest BCUT2D eigenvalue weighted by atomic mass is 127. The number of rotatable bonds is 4. The molecule has 5 heteroatoms. The molecule has 1 N–H and O–H groups in total. The molecule has 0 aliphatic carbocycles. The highest BCUT2D eigenvalue weighted by molar-refractivity contribution is 14.1. The number of fused-ring (bicyclic) bond motifs is 1. The SMILES string of the molecule is CC(=O)Cc1ccc2oc(=O)c(O)c(Cc3ccccc3)c2c1I. The molecule has 3 aromatic rings. The molecule has 0 saturated heterocycles. The first-order valence-corrected chi connectivity index (χ1v) is 8.54. The molecule has 0 aliphatic heterocycles. The largest absolute Gasteiger partial charge is 0.502 e. The highest BCUT2D eigenvalue weighted by Crippen LogP contribution is 2.32. The summed E-state index contributed by atoms with van der Waals surface area (Å²) in [6.07, 6.45) is 0.715. The molecule has 0 bridgehead atoms. The fraction of sp³-hybridized carbons (Fsp3) is 0.158. The molecule has 0 unspecified atom stereocenters. The average molecular weight is 434 g/mol. The van der Waals surface area contributed by atoms with E-state index in [0.29, 0.717) is 29.4 Å². The van der Waals surface area contributed by atoms with E-state index in [9.17, 15) is 14.7 Å². The van der Waals surface area contributed by atoms with E-state index in [4.69, 9.17) is 4.42 Å². The summed E-state index contributed by atoms with van der Waals surface area (Å²) in [6.45, 7) is 1.54. The van der Waals surface area contributed by atoms with Crippen molar-refractivity contribution in [1.82, 2.24) is 0 Å². The van der Waals surface area contributed by atoms with Crippen molar-refractivity contribution in [3.05, 3.63) is 73.1 Å². The molecule has 1 heterocycles. The Bertz CT molecular complexity index is 974. The summed E-state index contributed by atoms with van der Waals surface area (Å²) in [4.78, 5) is 23.4. The number of carbonyl (C=O) groups is 1. The van der Waals surface area contributed by atoms with Crippen LogP contribution in [0.4, 0.5) is 0 Å². The summed E-state index contributed by atoms with van der Waals surface area (Å²) in [7, 11) is 0. The molecule has 0 aliphatic rings. The molecular formula is C19H15IO4. The normalized spacial score (nSPS) is 10.9. The zero-order chi connectivity index (χ0) is 17.3. The summed E-state index contributed by atoms with van der Waals surface area (Å²) in [5, 5.41) is 11.0. The molecule has 4 nitrogen and oxygen atoms in total. The molecule has 0 saturated carbocycles. The Morgan fingerprint density at radius 3 is 2.54 bits per heavy atom. The lowest BCUT2D eigenvalue weighted by molar-refractivity contribution is -0.116. The third-order valence-corrected chi connectivity index (χ3v) is 5.06. The van der Waals surface area contributed by atoms with Crippen LogP contribution in [0, 0.1) is 3.57 Å². The predicted molar refractivity (Wildman–Crippen MR) is 100 cm³/mol. The van der Waals surface area contributed by atoms with Gasteiger partial charge in [0, 0.05) is 27.4 Å². The van der Waals surface area contributed by atoms with Crippen LogP contribution in [0.1, 0.15) is 23.6 Å². The van der Waals surface area contributed by atoms with Gasteiger partial charge in [0.25, 0.3) is 0 Å². The minimum atomic E-state index is -0.747. The summed E-state index contributed by atoms with van der Waals surface area (Å²) >= 11 is 2.14. The maximum Gasteiger partial charge on any atom is 0.379 e. The highest BCUT2D eigenvalue weighted by Gasteiger charge is 2.18. The van der Waals surface area contributed by atoms with Crippen LogP contribution in [0.2, 0.25) is 0 Å². The van der Waals surface area contributed by atoms with E-state index in [-0.39, 0.29) is 11.5 Å². The van der Waals surface area contributed by atoms with Crippen molar-refractivity contribution in [3.8, 4) is 5.75 Å². The van der Waals surface area contributed by atoms with Gasteiger partial charge in [-0.1, -0.05) is 36.4 Å². The lowest BCUT2D eigenvalue weighted by Gasteiger charge is -2.12. The minimum absolute atomic E-state index is 0.0541. The first-order valence-electron chi connectivity index (χ1n) is 7.46. The van der Waals surface area contributed by atoms with Crippen LogP contribution in [0.5, 0.6) is 5.75 Å². The van der Waals surface area contributed by atoms with Gasteiger partial charge in [0.2, 0.25) is 5.75 Å². The van der Waals surface area contributed by atoms with Gasteiger partial charge in [-0.3, -0.25) is 4.79 Å². The van der Waals surface area contributed by atoms with Crippen molar-refractivity contribution in [2.75, 3.05) is 0 Å². The average Bonchev–Trinajstić information content (AvgIpc) is 2.55. The number of hydrogen-bond donors (Lipinski definition) is 1. The van der Waals surface area contributed by atoms with Crippen molar-refractivity contribution < 1.29 is 14.3 Å². The van der Waals surface area contributed by atoms with Crippen LogP contribution >= 0.6 is 22.6 Å². The Morgan fingerprint density at radius 1 is 1.17 bits per heavy atom. The van der Waals surface area contributed by atoms with E-state index >= 15 is 0 Å². The van der Waals surface area contributed by atoms with E-state index < -0.39 is 5.63 Å². The Kier molecular flexibility index (Phi) is 4.71.